The fourth-order valence-electron chi connectivity index (χ4n) is 1.70. The Hall–Kier alpha value is -2.33. The quantitative estimate of drug-likeness (QED) is 0.517. The topological polar surface area (TPSA) is 76.8 Å². The molecule has 0 spiro atoms. The van der Waals surface area contributed by atoms with Gasteiger partial charge in [0, 0.05) is 11.1 Å². The largest absolute Gasteiger partial charge is 0.369 e. The van der Waals surface area contributed by atoms with Crippen LogP contribution in [0.25, 0.3) is 0 Å². The number of rotatable bonds is 3. The molecule has 2 aromatic rings. The first-order valence-corrected chi connectivity index (χ1v) is 5.96. The second-order valence-corrected chi connectivity index (χ2v) is 4.21. The van der Waals surface area contributed by atoms with Crippen LogP contribution in [0.2, 0.25) is 0 Å². The van der Waals surface area contributed by atoms with Crippen molar-refractivity contribution in [3.63, 3.8) is 0 Å². The minimum absolute atomic E-state index is 0. The van der Waals surface area contributed by atoms with Gasteiger partial charge in [-0.05, 0) is 6.92 Å². The molecule has 0 aliphatic carbocycles. The third-order valence-corrected chi connectivity index (χ3v) is 2.64. The SMILES string of the molecule is Cc1ccc(/C(=N\N=C(N)N)c2ccccc2)cc1.Cl. The number of aryl methyl sites for hydroxylation is 1. The highest BCUT2D eigenvalue weighted by molar-refractivity contribution is 6.13. The van der Waals surface area contributed by atoms with Crippen molar-refractivity contribution in [2.75, 3.05) is 0 Å². The lowest BCUT2D eigenvalue weighted by atomic mass is 10.0. The van der Waals surface area contributed by atoms with Crippen LogP contribution in [0.5, 0.6) is 0 Å². The van der Waals surface area contributed by atoms with E-state index in [1.54, 1.807) is 0 Å². The Labute approximate surface area is 124 Å². The number of nitrogens with two attached hydrogens (primary N) is 2. The first-order chi connectivity index (χ1) is 9.16. The van der Waals surface area contributed by atoms with Gasteiger partial charge in [0.25, 0.3) is 0 Å². The Morgan fingerprint density at radius 3 is 1.90 bits per heavy atom. The predicted molar refractivity (Wildman–Crippen MR) is 86.3 cm³/mol. The van der Waals surface area contributed by atoms with Crippen molar-refractivity contribution in [1.29, 1.82) is 0 Å². The third kappa shape index (κ3) is 4.10. The van der Waals surface area contributed by atoms with E-state index in [0.717, 1.165) is 16.8 Å². The summed E-state index contributed by atoms with van der Waals surface area (Å²) >= 11 is 0. The van der Waals surface area contributed by atoms with E-state index in [-0.39, 0.29) is 18.4 Å². The molecule has 0 unspecified atom stereocenters. The van der Waals surface area contributed by atoms with E-state index < -0.39 is 0 Å². The summed E-state index contributed by atoms with van der Waals surface area (Å²) in [5.41, 5.74) is 14.6. The van der Waals surface area contributed by atoms with Crippen LogP contribution < -0.4 is 11.5 Å². The molecule has 20 heavy (non-hydrogen) atoms. The second kappa shape index (κ2) is 7.31. The van der Waals surface area contributed by atoms with Crippen LogP contribution in [-0.2, 0) is 0 Å². The van der Waals surface area contributed by atoms with Crippen molar-refractivity contribution in [2.24, 2.45) is 21.7 Å². The number of nitrogens with zero attached hydrogens (tertiary/aromatic N) is 2. The third-order valence-electron chi connectivity index (χ3n) is 2.64. The first-order valence-electron chi connectivity index (χ1n) is 5.96. The fourth-order valence-corrected chi connectivity index (χ4v) is 1.70. The van der Waals surface area contributed by atoms with Crippen LogP contribution in [0, 0.1) is 6.92 Å². The molecule has 0 aromatic heterocycles. The van der Waals surface area contributed by atoms with Crippen molar-refractivity contribution >= 4 is 24.1 Å². The lowest BCUT2D eigenvalue weighted by Crippen LogP contribution is -2.22. The summed E-state index contributed by atoms with van der Waals surface area (Å²) < 4.78 is 0. The average molecular weight is 289 g/mol. The molecule has 0 aliphatic rings. The zero-order chi connectivity index (χ0) is 13.7. The Bertz CT molecular complexity index is 600. The molecule has 0 fully saturated rings. The van der Waals surface area contributed by atoms with Crippen molar-refractivity contribution < 1.29 is 0 Å². The van der Waals surface area contributed by atoms with Gasteiger partial charge in [0.05, 0.1) is 0 Å². The molecule has 104 valence electrons. The summed E-state index contributed by atoms with van der Waals surface area (Å²) in [5.74, 6) is -0.0551. The molecule has 0 heterocycles. The number of halogens is 1. The van der Waals surface area contributed by atoms with Crippen LogP contribution in [0.3, 0.4) is 0 Å². The van der Waals surface area contributed by atoms with Gasteiger partial charge in [-0.2, -0.15) is 0 Å². The van der Waals surface area contributed by atoms with Crippen molar-refractivity contribution in [3.8, 4) is 0 Å². The highest BCUT2D eigenvalue weighted by Crippen LogP contribution is 2.12. The molecule has 4 N–H and O–H groups in total. The standard InChI is InChI=1S/C15H16N4.ClH/c1-11-7-9-13(10-8-11)14(18-19-15(16)17)12-5-3-2-4-6-12;/h2-10H,1H3,(H4,16,17,19);1H/b18-14-;. The van der Waals surface area contributed by atoms with E-state index in [0.29, 0.717) is 0 Å². The maximum atomic E-state index is 5.34. The van der Waals surface area contributed by atoms with E-state index in [1.165, 1.54) is 5.56 Å². The molecule has 0 radical (unpaired) electrons. The van der Waals surface area contributed by atoms with E-state index >= 15 is 0 Å². The van der Waals surface area contributed by atoms with E-state index in [4.69, 9.17) is 11.5 Å². The summed E-state index contributed by atoms with van der Waals surface area (Å²) in [4.78, 5) is 0. The van der Waals surface area contributed by atoms with Gasteiger partial charge in [-0.25, -0.2) is 0 Å². The predicted octanol–water partition coefficient (Wildman–Crippen LogP) is 2.44. The van der Waals surface area contributed by atoms with Gasteiger partial charge in [0.1, 0.15) is 5.71 Å². The minimum atomic E-state index is -0.0551. The van der Waals surface area contributed by atoms with E-state index in [2.05, 4.69) is 10.2 Å². The monoisotopic (exact) mass is 288 g/mol. The van der Waals surface area contributed by atoms with Crippen LogP contribution in [0.4, 0.5) is 0 Å². The van der Waals surface area contributed by atoms with Crippen molar-refractivity contribution in [1.82, 2.24) is 0 Å². The average Bonchev–Trinajstić information content (AvgIpc) is 2.42. The van der Waals surface area contributed by atoms with Crippen LogP contribution in [0.1, 0.15) is 16.7 Å². The van der Waals surface area contributed by atoms with E-state index in [9.17, 15) is 0 Å². The van der Waals surface area contributed by atoms with Gasteiger partial charge in [-0.1, -0.05) is 60.2 Å². The highest BCUT2D eigenvalue weighted by atomic mass is 35.5. The number of hydrogen-bond acceptors (Lipinski definition) is 2. The summed E-state index contributed by atoms with van der Waals surface area (Å²) in [5, 5.41) is 7.91. The highest BCUT2D eigenvalue weighted by Gasteiger charge is 2.06. The maximum absolute atomic E-state index is 5.34. The Balaban J connectivity index is 0.00000200. The summed E-state index contributed by atoms with van der Waals surface area (Å²) in [7, 11) is 0. The zero-order valence-corrected chi connectivity index (χ0v) is 12.0. The molecule has 0 amide bonds. The van der Waals surface area contributed by atoms with Gasteiger partial charge in [0.15, 0.2) is 0 Å². The summed E-state index contributed by atoms with van der Waals surface area (Å²) in [6, 6.07) is 17.9. The van der Waals surface area contributed by atoms with Crippen LogP contribution >= 0.6 is 12.4 Å². The Morgan fingerprint density at radius 1 is 0.800 bits per heavy atom. The molecule has 2 rings (SSSR count). The molecular weight excluding hydrogens is 272 g/mol. The molecule has 0 saturated carbocycles. The van der Waals surface area contributed by atoms with Gasteiger partial charge in [-0.3, -0.25) is 0 Å². The van der Waals surface area contributed by atoms with Crippen LogP contribution in [-0.4, -0.2) is 11.7 Å². The van der Waals surface area contributed by atoms with Crippen molar-refractivity contribution in [2.45, 2.75) is 6.92 Å². The van der Waals surface area contributed by atoms with Crippen LogP contribution in [0.15, 0.2) is 64.8 Å². The lowest BCUT2D eigenvalue weighted by Gasteiger charge is -2.06. The first kappa shape index (κ1) is 15.7. The Kier molecular flexibility index (Phi) is 5.74. The number of hydrogen-bond donors (Lipinski definition) is 2. The van der Waals surface area contributed by atoms with Gasteiger partial charge in [0.2, 0.25) is 5.96 Å². The second-order valence-electron chi connectivity index (χ2n) is 4.21. The zero-order valence-electron chi connectivity index (χ0n) is 11.2. The molecule has 4 nitrogen and oxygen atoms in total. The molecule has 0 aliphatic heterocycles. The lowest BCUT2D eigenvalue weighted by molar-refractivity contribution is 1.20. The van der Waals surface area contributed by atoms with Gasteiger partial charge in [-0.15, -0.1) is 22.6 Å². The van der Waals surface area contributed by atoms with Crippen molar-refractivity contribution in [3.05, 3.63) is 71.3 Å². The normalized spacial score (nSPS) is 10.6. The van der Waals surface area contributed by atoms with E-state index in [1.807, 2.05) is 61.5 Å². The Morgan fingerprint density at radius 2 is 1.35 bits per heavy atom. The molecular formula is C15H17ClN4. The number of guanidine groups is 1. The molecule has 5 heteroatoms. The molecule has 0 atom stereocenters. The summed E-state index contributed by atoms with van der Waals surface area (Å²) in [6.45, 7) is 2.04. The fraction of sp³-hybridized carbons (Fsp3) is 0.0667. The minimum Gasteiger partial charge on any atom is -0.369 e. The molecule has 0 saturated heterocycles. The molecule has 0 bridgehead atoms. The number of benzene rings is 2. The summed E-state index contributed by atoms with van der Waals surface area (Å²) in [6.07, 6.45) is 0. The smallest absolute Gasteiger partial charge is 0.211 e. The molecule has 2 aromatic carbocycles. The van der Waals surface area contributed by atoms with Gasteiger partial charge < -0.3 is 11.5 Å². The van der Waals surface area contributed by atoms with Gasteiger partial charge >= 0.3 is 0 Å². The maximum Gasteiger partial charge on any atom is 0.211 e.